The Labute approximate surface area is 86.0 Å². The number of hydrogen-bond donors (Lipinski definition) is 1. The maximum atomic E-state index is 11.8. The lowest BCUT2D eigenvalue weighted by molar-refractivity contribution is -0.161. The third-order valence-corrected chi connectivity index (χ3v) is 2.60. The number of esters is 1. The highest BCUT2D eigenvalue weighted by Crippen LogP contribution is 2.34. The molecule has 3 heteroatoms. The second kappa shape index (κ2) is 3.54. The number of rotatable bonds is 1. The Morgan fingerprint density at radius 3 is 2.43 bits per heavy atom. The predicted molar refractivity (Wildman–Crippen MR) is 55.8 cm³/mol. The largest absolute Gasteiger partial charge is 0.459 e. The van der Waals surface area contributed by atoms with Crippen LogP contribution in [0.5, 0.6) is 0 Å². The molecule has 0 spiro atoms. The van der Waals surface area contributed by atoms with Gasteiger partial charge >= 0.3 is 5.97 Å². The van der Waals surface area contributed by atoms with E-state index in [1.54, 1.807) is 0 Å². The van der Waals surface area contributed by atoms with Crippen molar-refractivity contribution in [1.29, 1.82) is 0 Å². The highest BCUT2D eigenvalue weighted by atomic mass is 16.6. The fourth-order valence-electron chi connectivity index (χ4n) is 1.90. The predicted octanol–water partition coefficient (Wildman–Crippen LogP) is 1.85. The van der Waals surface area contributed by atoms with Crippen LogP contribution in [0.15, 0.2) is 0 Å². The molecule has 0 aromatic heterocycles. The Kier molecular flexibility index (Phi) is 2.91. The summed E-state index contributed by atoms with van der Waals surface area (Å²) >= 11 is 0. The number of hydrogen-bond acceptors (Lipinski definition) is 3. The zero-order valence-electron chi connectivity index (χ0n) is 9.59. The van der Waals surface area contributed by atoms with E-state index in [-0.39, 0.29) is 5.97 Å². The maximum Gasteiger partial charge on any atom is 0.326 e. The second-order valence-electron chi connectivity index (χ2n) is 5.51. The molecule has 1 saturated carbocycles. The standard InChI is InChI=1S/C11H21NO2/c1-8-5-6-11(12,7-8)9(13)14-10(2,3)4/h8H,5-7,12H2,1-4H3/t8-,11-/m0/s1. The Bertz CT molecular complexity index is 232. The molecule has 2 atom stereocenters. The Balaban J connectivity index is 2.61. The van der Waals surface area contributed by atoms with Crippen molar-refractivity contribution >= 4 is 5.97 Å². The molecule has 1 aliphatic carbocycles. The number of ether oxygens (including phenoxy) is 1. The molecule has 14 heavy (non-hydrogen) atoms. The average molecular weight is 199 g/mol. The summed E-state index contributed by atoms with van der Waals surface area (Å²) in [5, 5.41) is 0. The fraction of sp³-hybridized carbons (Fsp3) is 0.909. The van der Waals surface area contributed by atoms with Gasteiger partial charge in [-0.15, -0.1) is 0 Å². The van der Waals surface area contributed by atoms with Gasteiger partial charge in [0.2, 0.25) is 0 Å². The van der Waals surface area contributed by atoms with Crippen LogP contribution in [0.25, 0.3) is 0 Å². The topological polar surface area (TPSA) is 52.3 Å². The highest BCUT2D eigenvalue weighted by molar-refractivity contribution is 5.81. The molecule has 0 heterocycles. The van der Waals surface area contributed by atoms with Crippen LogP contribution >= 0.6 is 0 Å². The van der Waals surface area contributed by atoms with E-state index in [0.717, 1.165) is 19.3 Å². The first-order chi connectivity index (χ1) is 6.23. The van der Waals surface area contributed by atoms with Crippen molar-refractivity contribution in [1.82, 2.24) is 0 Å². The minimum atomic E-state index is -0.729. The van der Waals surface area contributed by atoms with Gasteiger partial charge in [0.1, 0.15) is 11.1 Å². The normalized spacial score (nSPS) is 33.1. The van der Waals surface area contributed by atoms with E-state index in [1.165, 1.54) is 0 Å². The minimum absolute atomic E-state index is 0.241. The minimum Gasteiger partial charge on any atom is -0.459 e. The second-order valence-corrected chi connectivity index (χ2v) is 5.51. The Morgan fingerprint density at radius 2 is 2.07 bits per heavy atom. The molecule has 3 nitrogen and oxygen atoms in total. The lowest BCUT2D eigenvalue weighted by Gasteiger charge is -2.28. The van der Waals surface area contributed by atoms with Crippen molar-refractivity contribution in [2.75, 3.05) is 0 Å². The SMILES string of the molecule is C[C@H]1CC[C@@](N)(C(=O)OC(C)(C)C)C1. The van der Waals surface area contributed by atoms with Crippen LogP contribution in [-0.4, -0.2) is 17.1 Å². The summed E-state index contributed by atoms with van der Waals surface area (Å²) in [6.07, 6.45) is 2.53. The fourth-order valence-corrected chi connectivity index (χ4v) is 1.90. The monoisotopic (exact) mass is 199 g/mol. The van der Waals surface area contributed by atoms with Gasteiger partial charge in [-0.1, -0.05) is 6.92 Å². The summed E-state index contributed by atoms with van der Waals surface area (Å²) < 4.78 is 5.31. The van der Waals surface area contributed by atoms with Crippen LogP contribution < -0.4 is 5.73 Å². The van der Waals surface area contributed by atoms with Crippen LogP contribution in [0.3, 0.4) is 0 Å². The zero-order chi connectivity index (χ0) is 11.0. The lowest BCUT2D eigenvalue weighted by Crippen LogP contribution is -2.49. The van der Waals surface area contributed by atoms with Crippen LogP contribution in [0.4, 0.5) is 0 Å². The van der Waals surface area contributed by atoms with Crippen molar-refractivity contribution in [2.45, 2.75) is 58.1 Å². The summed E-state index contributed by atoms with van der Waals surface area (Å²) in [7, 11) is 0. The van der Waals surface area contributed by atoms with E-state index >= 15 is 0 Å². The summed E-state index contributed by atoms with van der Waals surface area (Å²) in [5.41, 5.74) is 4.86. The van der Waals surface area contributed by atoms with Gasteiger partial charge in [0.05, 0.1) is 0 Å². The number of carbonyl (C=O) groups is 1. The molecule has 1 fully saturated rings. The van der Waals surface area contributed by atoms with E-state index in [1.807, 2.05) is 20.8 Å². The third-order valence-electron chi connectivity index (χ3n) is 2.60. The summed E-state index contributed by atoms with van der Waals surface area (Å²) in [5.74, 6) is 0.293. The van der Waals surface area contributed by atoms with Crippen molar-refractivity contribution in [3.63, 3.8) is 0 Å². The molecular formula is C11H21NO2. The Hall–Kier alpha value is -0.570. The Morgan fingerprint density at radius 1 is 1.50 bits per heavy atom. The van der Waals surface area contributed by atoms with Gasteiger partial charge in [-0.05, 0) is 46.0 Å². The molecule has 0 aromatic rings. The van der Waals surface area contributed by atoms with Gasteiger partial charge in [-0.2, -0.15) is 0 Å². The summed E-state index contributed by atoms with van der Waals surface area (Å²) in [4.78, 5) is 11.8. The molecule has 82 valence electrons. The van der Waals surface area contributed by atoms with E-state index in [4.69, 9.17) is 10.5 Å². The van der Waals surface area contributed by atoms with Gasteiger partial charge in [0.25, 0.3) is 0 Å². The molecule has 0 amide bonds. The molecule has 0 saturated heterocycles. The summed E-state index contributed by atoms with van der Waals surface area (Å²) in [6.45, 7) is 7.73. The van der Waals surface area contributed by atoms with Crippen LogP contribution in [0.1, 0.15) is 47.0 Å². The first kappa shape index (κ1) is 11.5. The van der Waals surface area contributed by atoms with Gasteiger partial charge in [-0.25, -0.2) is 0 Å². The summed E-state index contributed by atoms with van der Waals surface area (Å²) in [6, 6.07) is 0. The third kappa shape index (κ3) is 2.71. The molecule has 0 aromatic carbocycles. The molecule has 0 radical (unpaired) electrons. The van der Waals surface area contributed by atoms with Crippen LogP contribution in [-0.2, 0) is 9.53 Å². The highest BCUT2D eigenvalue weighted by Gasteiger charge is 2.43. The van der Waals surface area contributed by atoms with Crippen molar-refractivity contribution < 1.29 is 9.53 Å². The van der Waals surface area contributed by atoms with Crippen molar-refractivity contribution in [2.24, 2.45) is 11.7 Å². The van der Waals surface area contributed by atoms with Gasteiger partial charge < -0.3 is 10.5 Å². The quantitative estimate of drug-likeness (QED) is 0.656. The van der Waals surface area contributed by atoms with Gasteiger partial charge in [-0.3, -0.25) is 4.79 Å². The average Bonchev–Trinajstić information content (AvgIpc) is 2.29. The zero-order valence-corrected chi connectivity index (χ0v) is 9.59. The lowest BCUT2D eigenvalue weighted by atomic mass is 9.97. The first-order valence-electron chi connectivity index (χ1n) is 5.25. The van der Waals surface area contributed by atoms with Gasteiger partial charge in [0.15, 0.2) is 0 Å². The van der Waals surface area contributed by atoms with E-state index in [2.05, 4.69) is 6.92 Å². The van der Waals surface area contributed by atoms with Crippen molar-refractivity contribution in [3.8, 4) is 0 Å². The number of carbonyl (C=O) groups excluding carboxylic acids is 1. The number of nitrogens with two attached hydrogens (primary N) is 1. The van der Waals surface area contributed by atoms with Crippen LogP contribution in [0.2, 0.25) is 0 Å². The molecular weight excluding hydrogens is 178 g/mol. The molecule has 1 rings (SSSR count). The van der Waals surface area contributed by atoms with E-state index in [0.29, 0.717) is 5.92 Å². The first-order valence-corrected chi connectivity index (χ1v) is 5.25. The van der Waals surface area contributed by atoms with Crippen molar-refractivity contribution in [3.05, 3.63) is 0 Å². The van der Waals surface area contributed by atoms with Gasteiger partial charge in [0, 0.05) is 0 Å². The molecule has 0 bridgehead atoms. The van der Waals surface area contributed by atoms with E-state index < -0.39 is 11.1 Å². The molecule has 0 aliphatic heterocycles. The van der Waals surface area contributed by atoms with Crippen LogP contribution in [0, 0.1) is 5.92 Å². The maximum absolute atomic E-state index is 11.8. The van der Waals surface area contributed by atoms with E-state index in [9.17, 15) is 4.79 Å². The molecule has 0 unspecified atom stereocenters. The smallest absolute Gasteiger partial charge is 0.326 e. The molecule has 2 N–H and O–H groups in total. The molecule has 1 aliphatic rings.